The molecule has 11 heterocycles. The van der Waals surface area contributed by atoms with E-state index in [1.54, 1.807) is 120 Å². The molecule has 17 rings (SSSR count). The van der Waals surface area contributed by atoms with Crippen LogP contribution < -0.4 is 64.3 Å². The first-order valence-corrected chi connectivity index (χ1v) is 42.4. The lowest BCUT2D eigenvalue weighted by atomic mass is 10.1. The number of hydrogen-bond acceptors (Lipinski definition) is 24. The van der Waals surface area contributed by atoms with Gasteiger partial charge in [-0.05, 0) is 187 Å². The molecule has 31 heteroatoms. The molecule has 126 heavy (non-hydrogen) atoms. The van der Waals surface area contributed by atoms with E-state index in [1.807, 2.05) is 145 Å². The number of fused-ring (bicyclic) bond motifs is 3. The standard InChI is InChI=1S/C36H43N7O3.C32H36N8O2.C27H31N9O2/c1-7-40-15-17-41(18-16-40)22-27-11-12-29(19-26(27)4)38-35-37-21-28-23-42(33-24(2)9-8-10-25(33)3)36(44)43(34(28)39-35)31-14-13-30(45-5)20-32(31)46-6;1-22-6-5-7-23(2)29(22)39-21-25-18-34-31(36-30(25)40(32(39)41)28-13-12-27(42-4)19-33-28)35-26-10-8-24(9-11-26)20-38-16-14-37(3)15-17-38;1-18-7-6-8-19(2)24(18)35-16-20-13-29-26(31-21-14-30-34(17-21)12-11-33(3)4)32-25(20)36(27(35)37)23-10-9-22(38-5)15-28-23/h8-14,19-21H,7,15-18,22-23H2,1-6H3,(H,37,38,39);5-13,18-19H,14-17,20-21H2,1-4H3,(H,34,35,36);6-10,13-15,17H,11-12,16H2,1-5H3,(H,29,31,32). The number of carbonyl (C=O) groups is 3. The SMILES string of the molecule is CCN1CCN(Cc2ccc(Nc3ncc4c(n3)N(c3ccc(OC)cc3OC)C(=O)N(c3c(C)cccc3C)C4)cc2C)CC1.COc1ccc(N2C(=O)N(c3c(C)cccc3C)Cc3cnc(Nc4ccc(CN5CCN(C)CC5)cc4)nc32)nc1.COc1ccc(N2C(=O)N(c3c(C)cccc3C)Cc3cnc(Nc4cnn(CCN(C)C)c4)nc32)nc1. The number of pyridine rings is 2. The molecule has 0 spiro atoms. The van der Waals surface area contributed by atoms with Crippen molar-refractivity contribution in [1.82, 2.24) is 74.2 Å². The summed E-state index contributed by atoms with van der Waals surface area (Å²) in [5, 5.41) is 14.3. The molecule has 6 aromatic carbocycles. The van der Waals surface area contributed by atoms with Crippen LogP contribution in [0.2, 0.25) is 0 Å². The minimum atomic E-state index is -0.242. The van der Waals surface area contributed by atoms with Crippen LogP contribution in [0, 0.1) is 48.5 Å². The smallest absolute Gasteiger partial charge is 0.336 e. The Labute approximate surface area is 736 Å². The highest BCUT2D eigenvalue weighted by Crippen LogP contribution is 2.45. The first-order chi connectivity index (χ1) is 61.0. The highest BCUT2D eigenvalue weighted by atomic mass is 16.5. The van der Waals surface area contributed by atoms with Crippen LogP contribution in [0.5, 0.6) is 23.0 Å². The summed E-state index contributed by atoms with van der Waals surface area (Å²) in [7, 11) is 12.6. The zero-order valence-electron chi connectivity index (χ0n) is 74.4. The van der Waals surface area contributed by atoms with Gasteiger partial charge in [-0.25, -0.2) is 54.0 Å². The number of anilines is 15. The third kappa shape index (κ3) is 19.6. The van der Waals surface area contributed by atoms with Crippen molar-refractivity contribution in [2.24, 2.45) is 0 Å². The van der Waals surface area contributed by atoms with E-state index >= 15 is 0 Å². The summed E-state index contributed by atoms with van der Waals surface area (Å²) in [5.74, 6) is 5.90. The fourth-order valence-corrected chi connectivity index (χ4v) is 16.4. The number of benzene rings is 6. The maximum absolute atomic E-state index is 14.4. The molecular formula is C95H110N24O7. The summed E-state index contributed by atoms with van der Waals surface area (Å²) in [6.07, 6.45) is 12.2. The Bertz CT molecular complexity index is 5820. The number of methoxy groups -OCH3 is 4. The lowest BCUT2D eigenvalue weighted by Gasteiger charge is -2.37. The van der Waals surface area contributed by atoms with Gasteiger partial charge in [0.2, 0.25) is 17.8 Å². The van der Waals surface area contributed by atoms with Gasteiger partial charge in [-0.1, -0.05) is 79.7 Å². The van der Waals surface area contributed by atoms with Crippen molar-refractivity contribution in [3.05, 3.63) is 250 Å². The number of para-hydroxylation sites is 3. The average molecular weight is 1700 g/mol. The number of amides is 6. The van der Waals surface area contributed by atoms with Gasteiger partial charge >= 0.3 is 18.1 Å². The molecule has 12 aromatic rings. The Morgan fingerprint density at radius 2 is 0.841 bits per heavy atom. The van der Waals surface area contributed by atoms with E-state index in [-0.39, 0.29) is 18.1 Å². The third-order valence-electron chi connectivity index (χ3n) is 23.3. The largest absolute Gasteiger partial charge is 0.497 e. The summed E-state index contributed by atoms with van der Waals surface area (Å²) in [5.41, 5.74) is 18.0. The predicted octanol–water partition coefficient (Wildman–Crippen LogP) is 16.1. The van der Waals surface area contributed by atoms with E-state index in [1.165, 1.54) is 21.6 Å². The van der Waals surface area contributed by atoms with Crippen molar-refractivity contribution in [3.63, 3.8) is 0 Å². The van der Waals surface area contributed by atoms with Gasteiger partial charge in [0.05, 0.1) is 102 Å². The van der Waals surface area contributed by atoms with E-state index in [9.17, 15) is 14.4 Å². The Morgan fingerprint density at radius 3 is 1.29 bits per heavy atom. The van der Waals surface area contributed by atoms with Crippen molar-refractivity contribution >= 4 is 105 Å². The Hall–Kier alpha value is -13.7. The molecule has 0 bridgehead atoms. The summed E-state index contributed by atoms with van der Waals surface area (Å²) in [6, 6.07) is 44.6. The van der Waals surface area contributed by atoms with E-state index in [4.69, 9.17) is 38.9 Å². The molecule has 5 aliphatic rings. The number of piperazine rings is 2. The van der Waals surface area contributed by atoms with Crippen LogP contribution in [0.15, 0.2) is 183 Å². The Balaban J connectivity index is 0.000000147. The quantitative estimate of drug-likeness (QED) is 0.0507. The van der Waals surface area contributed by atoms with Crippen LogP contribution in [-0.2, 0) is 39.3 Å². The van der Waals surface area contributed by atoms with E-state index in [0.717, 1.165) is 169 Å². The van der Waals surface area contributed by atoms with Gasteiger partial charge in [-0.2, -0.15) is 20.1 Å². The van der Waals surface area contributed by atoms with Gasteiger partial charge in [0, 0.05) is 131 Å². The van der Waals surface area contributed by atoms with Crippen LogP contribution >= 0.6 is 0 Å². The number of rotatable bonds is 24. The van der Waals surface area contributed by atoms with Crippen molar-refractivity contribution in [2.45, 2.75) is 94.7 Å². The zero-order chi connectivity index (χ0) is 88.4. The molecule has 2 saturated heterocycles. The first kappa shape index (κ1) is 87.2. The van der Waals surface area contributed by atoms with Gasteiger partial charge in [-0.3, -0.25) is 29.2 Å². The highest BCUT2D eigenvalue weighted by Gasteiger charge is 2.41. The number of aryl methyl sites for hydroxylation is 7. The molecule has 6 aromatic heterocycles. The second-order valence-electron chi connectivity index (χ2n) is 32.4. The fourth-order valence-electron chi connectivity index (χ4n) is 16.4. The molecular weight excluding hydrogens is 1590 g/mol. The molecule has 31 nitrogen and oxygen atoms in total. The molecule has 0 radical (unpaired) electrons. The molecule has 652 valence electrons. The Morgan fingerprint density at radius 1 is 0.413 bits per heavy atom. The topological polar surface area (TPSA) is 281 Å². The number of nitrogens with one attached hydrogen (secondary N) is 3. The number of nitrogens with zero attached hydrogens (tertiary/aromatic N) is 21. The average Bonchev–Trinajstić information content (AvgIpc) is 0.851. The van der Waals surface area contributed by atoms with Gasteiger partial charge in [0.25, 0.3) is 0 Å². The lowest BCUT2D eigenvalue weighted by Crippen LogP contribution is -2.46. The molecule has 3 N–H and O–H groups in total. The summed E-state index contributed by atoms with van der Waals surface area (Å²) >= 11 is 0. The van der Waals surface area contributed by atoms with Crippen LogP contribution in [-0.4, -0.2) is 207 Å². The summed E-state index contributed by atoms with van der Waals surface area (Å²) in [4.78, 5) is 102. The molecule has 0 unspecified atom stereocenters. The summed E-state index contributed by atoms with van der Waals surface area (Å²) in [6.45, 7) is 30.9. The normalized spacial score (nSPS) is 15.0. The highest BCUT2D eigenvalue weighted by molar-refractivity contribution is 6.13. The molecule has 6 amide bonds. The molecule has 2 fully saturated rings. The fraction of sp³-hybridized carbons (Fsp3) is 0.326. The van der Waals surface area contributed by atoms with E-state index < -0.39 is 0 Å². The van der Waals surface area contributed by atoms with Crippen molar-refractivity contribution in [3.8, 4) is 23.0 Å². The minimum Gasteiger partial charge on any atom is -0.497 e. The van der Waals surface area contributed by atoms with Gasteiger partial charge in [0.1, 0.15) is 34.6 Å². The molecule has 0 aliphatic carbocycles. The van der Waals surface area contributed by atoms with Crippen molar-refractivity contribution in [2.75, 3.05) is 160 Å². The van der Waals surface area contributed by atoms with Gasteiger partial charge in [0.15, 0.2) is 17.5 Å². The van der Waals surface area contributed by atoms with Crippen LogP contribution in [0.4, 0.5) is 101 Å². The lowest BCUT2D eigenvalue weighted by molar-refractivity contribution is 0.132. The second kappa shape index (κ2) is 39.0. The van der Waals surface area contributed by atoms with Crippen LogP contribution in [0.3, 0.4) is 0 Å². The van der Waals surface area contributed by atoms with Gasteiger partial charge < -0.3 is 49.6 Å². The number of urea groups is 3. The third-order valence-corrected chi connectivity index (χ3v) is 23.3. The number of aromatic nitrogens is 10. The number of ether oxygens (including phenoxy) is 4. The predicted molar refractivity (Wildman–Crippen MR) is 495 cm³/mol. The number of carbonyl (C=O) groups excluding carboxylic acids is 3. The van der Waals surface area contributed by atoms with Crippen LogP contribution in [0.1, 0.15) is 73.7 Å². The summed E-state index contributed by atoms with van der Waals surface area (Å²) < 4.78 is 23.6. The maximum atomic E-state index is 14.4. The maximum Gasteiger partial charge on any atom is 0.336 e. The second-order valence-corrected chi connectivity index (χ2v) is 32.4. The van der Waals surface area contributed by atoms with Gasteiger partial charge in [-0.15, -0.1) is 0 Å². The number of hydrogen-bond donors (Lipinski definition) is 3. The van der Waals surface area contributed by atoms with Crippen molar-refractivity contribution in [1.29, 1.82) is 0 Å². The molecule has 5 aliphatic heterocycles. The van der Waals surface area contributed by atoms with E-state index in [2.05, 4.69) is 117 Å². The monoisotopic (exact) mass is 1700 g/mol. The Kier molecular flexibility index (Phi) is 27.0. The first-order valence-electron chi connectivity index (χ1n) is 42.4. The van der Waals surface area contributed by atoms with E-state index in [0.29, 0.717) is 95.3 Å². The van der Waals surface area contributed by atoms with Crippen LogP contribution in [0.25, 0.3) is 0 Å². The molecule has 0 saturated carbocycles. The minimum absolute atomic E-state index is 0.224. The number of likely N-dealkylation sites (N-methyl/N-ethyl adjacent to an activating group) is 3. The molecule has 0 atom stereocenters. The zero-order valence-corrected chi connectivity index (χ0v) is 74.4. The van der Waals surface area contributed by atoms with Crippen molar-refractivity contribution < 1.29 is 33.3 Å².